The van der Waals surface area contributed by atoms with Crippen molar-refractivity contribution < 1.29 is 9.53 Å². The summed E-state index contributed by atoms with van der Waals surface area (Å²) in [6, 6.07) is 13.5. The SMILES string of the molecule is COc1ccc2[nH]cc(CCNC(=O)Cc3csc(-c4ccccc4Cl)n3)c2c1. The second-order valence-electron chi connectivity index (χ2n) is 6.63. The van der Waals surface area contributed by atoms with Gasteiger partial charge in [0.2, 0.25) is 5.91 Å². The molecule has 0 spiro atoms. The predicted octanol–water partition coefficient (Wildman–Crippen LogP) is 4.85. The third kappa shape index (κ3) is 4.44. The third-order valence-electron chi connectivity index (χ3n) is 4.69. The second-order valence-corrected chi connectivity index (χ2v) is 7.89. The number of carbonyl (C=O) groups excluding carboxylic acids is 1. The zero-order chi connectivity index (χ0) is 20.2. The van der Waals surface area contributed by atoms with Crippen molar-refractivity contribution in [3.8, 4) is 16.3 Å². The molecule has 7 heteroatoms. The molecule has 0 aliphatic heterocycles. The van der Waals surface area contributed by atoms with Crippen molar-refractivity contribution in [3.05, 3.63) is 70.3 Å². The van der Waals surface area contributed by atoms with Crippen LogP contribution in [0.5, 0.6) is 5.75 Å². The molecule has 0 bridgehead atoms. The summed E-state index contributed by atoms with van der Waals surface area (Å²) in [4.78, 5) is 20.1. The van der Waals surface area contributed by atoms with E-state index in [1.165, 1.54) is 11.3 Å². The Morgan fingerprint density at radius 2 is 2.14 bits per heavy atom. The Bertz CT molecular complexity index is 1150. The average Bonchev–Trinajstić information content (AvgIpc) is 3.35. The first-order valence-electron chi connectivity index (χ1n) is 9.24. The van der Waals surface area contributed by atoms with Crippen LogP contribution in [0.4, 0.5) is 0 Å². The van der Waals surface area contributed by atoms with Crippen molar-refractivity contribution >= 4 is 39.7 Å². The maximum absolute atomic E-state index is 12.3. The minimum atomic E-state index is -0.0431. The zero-order valence-electron chi connectivity index (χ0n) is 15.9. The highest BCUT2D eigenvalue weighted by molar-refractivity contribution is 7.13. The Morgan fingerprint density at radius 3 is 2.97 bits per heavy atom. The summed E-state index contributed by atoms with van der Waals surface area (Å²) >= 11 is 7.72. The second kappa shape index (κ2) is 8.68. The number of thiazole rings is 1. The molecule has 1 amide bonds. The van der Waals surface area contributed by atoms with Gasteiger partial charge in [0.1, 0.15) is 10.8 Å². The van der Waals surface area contributed by atoms with Gasteiger partial charge in [-0.15, -0.1) is 11.3 Å². The largest absolute Gasteiger partial charge is 0.497 e. The predicted molar refractivity (Wildman–Crippen MR) is 118 cm³/mol. The molecule has 0 fully saturated rings. The zero-order valence-corrected chi connectivity index (χ0v) is 17.4. The first kappa shape index (κ1) is 19.5. The number of benzene rings is 2. The number of hydrogen-bond donors (Lipinski definition) is 2. The van der Waals surface area contributed by atoms with Crippen molar-refractivity contribution in [3.63, 3.8) is 0 Å². The summed E-state index contributed by atoms with van der Waals surface area (Å²) in [5, 5.41) is 7.48. The summed E-state index contributed by atoms with van der Waals surface area (Å²) in [5.41, 5.74) is 3.84. The van der Waals surface area contributed by atoms with Crippen LogP contribution in [-0.4, -0.2) is 29.5 Å². The average molecular weight is 426 g/mol. The Labute approximate surface area is 177 Å². The fraction of sp³-hybridized carbons (Fsp3) is 0.182. The number of ether oxygens (including phenoxy) is 1. The molecule has 29 heavy (non-hydrogen) atoms. The monoisotopic (exact) mass is 425 g/mol. The van der Waals surface area contributed by atoms with E-state index in [0.717, 1.165) is 44.9 Å². The molecule has 2 N–H and O–H groups in total. The molecular weight excluding hydrogens is 406 g/mol. The molecule has 0 aliphatic rings. The highest BCUT2D eigenvalue weighted by atomic mass is 35.5. The van der Waals surface area contributed by atoms with Crippen molar-refractivity contribution in [2.45, 2.75) is 12.8 Å². The number of nitrogens with one attached hydrogen (secondary N) is 2. The Morgan fingerprint density at radius 1 is 1.28 bits per heavy atom. The highest BCUT2D eigenvalue weighted by Crippen LogP contribution is 2.30. The van der Waals surface area contributed by atoms with Crippen molar-refractivity contribution in [1.82, 2.24) is 15.3 Å². The Balaban J connectivity index is 1.34. The van der Waals surface area contributed by atoms with Crippen LogP contribution in [0.2, 0.25) is 5.02 Å². The third-order valence-corrected chi connectivity index (χ3v) is 5.94. The van der Waals surface area contributed by atoms with E-state index in [4.69, 9.17) is 16.3 Å². The number of carbonyl (C=O) groups is 1. The number of nitrogens with zero attached hydrogens (tertiary/aromatic N) is 1. The first-order chi connectivity index (χ1) is 14.1. The quantitative estimate of drug-likeness (QED) is 0.444. The van der Waals surface area contributed by atoms with E-state index in [2.05, 4.69) is 15.3 Å². The van der Waals surface area contributed by atoms with Crippen LogP contribution in [0.15, 0.2) is 54.0 Å². The molecule has 148 valence electrons. The van der Waals surface area contributed by atoms with Crippen molar-refractivity contribution in [2.24, 2.45) is 0 Å². The number of amides is 1. The van der Waals surface area contributed by atoms with Crippen LogP contribution in [0.1, 0.15) is 11.3 Å². The summed E-state index contributed by atoms with van der Waals surface area (Å²) in [6.45, 7) is 0.560. The normalized spacial score (nSPS) is 11.0. The number of aromatic nitrogens is 2. The number of fused-ring (bicyclic) bond motifs is 1. The van der Waals surface area contributed by atoms with Gasteiger partial charge in [-0.05, 0) is 36.2 Å². The van der Waals surface area contributed by atoms with Crippen molar-refractivity contribution in [1.29, 1.82) is 0 Å². The van der Waals surface area contributed by atoms with Gasteiger partial charge in [-0.25, -0.2) is 4.98 Å². The maximum atomic E-state index is 12.3. The van der Waals surface area contributed by atoms with E-state index < -0.39 is 0 Å². The minimum Gasteiger partial charge on any atom is -0.497 e. The molecule has 4 aromatic rings. The van der Waals surface area contributed by atoms with Gasteiger partial charge in [0.25, 0.3) is 0 Å². The lowest BCUT2D eigenvalue weighted by Crippen LogP contribution is -2.27. The number of hydrogen-bond acceptors (Lipinski definition) is 4. The summed E-state index contributed by atoms with van der Waals surface area (Å²) in [5.74, 6) is 0.777. The van der Waals surface area contributed by atoms with Crippen LogP contribution in [-0.2, 0) is 17.6 Å². The number of halogens is 1. The van der Waals surface area contributed by atoms with Gasteiger partial charge < -0.3 is 15.0 Å². The smallest absolute Gasteiger partial charge is 0.226 e. The molecule has 0 radical (unpaired) electrons. The Kier molecular flexibility index (Phi) is 5.83. The van der Waals surface area contributed by atoms with Gasteiger partial charge in [-0.1, -0.05) is 29.8 Å². The molecule has 2 heterocycles. The lowest BCUT2D eigenvalue weighted by molar-refractivity contribution is -0.120. The van der Waals surface area contributed by atoms with E-state index in [9.17, 15) is 4.79 Å². The first-order valence-corrected chi connectivity index (χ1v) is 10.5. The number of rotatable bonds is 7. The lowest BCUT2D eigenvalue weighted by Gasteiger charge is -2.05. The molecule has 4 rings (SSSR count). The van der Waals surface area contributed by atoms with Crippen LogP contribution in [0, 0.1) is 0 Å². The van der Waals surface area contributed by atoms with Gasteiger partial charge in [-0.3, -0.25) is 4.79 Å². The fourth-order valence-corrected chi connectivity index (χ4v) is 4.34. The minimum absolute atomic E-state index is 0.0431. The highest BCUT2D eigenvalue weighted by Gasteiger charge is 2.11. The molecule has 0 unspecified atom stereocenters. The maximum Gasteiger partial charge on any atom is 0.226 e. The molecule has 5 nitrogen and oxygen atoms in total. The number of methoxy groups -OCH3 is 1. The van der Waals surface area contributed by atoms with Gasteiger partial charge in [-0.2, -0.15) is 0 Å². The van der Waals surface area contributed by atoms with E-state index in [1.54, 1.807) is 7.11 Å². The van der Waals surface area contributed by atoms with E-state index >= 15 is 0 Å². The molecular formula is C22H20ClN3O2S. The fourth-order valence-electron chi connectivity index (χ4n) is 3.20. The van der Waals surface area contributed by atoms with Gasteiger partial charge >= 0.3 is 0 Å². The molecule has 0 saturated heterocycles. The van der Waals surface area contributed by atoms with E-state index in [1.807, 2.05) is 54.0 Å². The van der Waals surface area contributed by atoms with Gasteiger partial charge in [0, 0.05) is 34.6 Å². The Hall–Kier alpha value is -2.83. The summed E-state index contributed by atoms with van der Waals surface area (Å²) in [7, 11) is 1.66. The van der Waals surface area contributed by atoms with E-state index in [0.29, 0.717) is 11.6 Å². The van der Waals surface area contributed by atoms with Crippen LogP contribution in [0.25, 0.3) is 21.5 Å². The van der Waals surface area contributed by atoms with Crippen molar-refractivity contribution in [2.75, 3.05) is 13.7 Å². The summed E-state index contributed by atoms with van der Waals surface area (Å²) in [6.07, 6.45) is 2.97. The molecule has 0 saturated carbocycles. The van der Waals surface area contributed by atoms with Crippen LogP contribution < -0.4 is 10.1 Å². The molecule has 2 aromatic carbocycles. The lowest BCUT2D eigenvalue weighted by atomic mass is 10.1. The topological polar surface area (TPSA) is 67.0 Å². The number of aromatic amines is 1. The van der Waals surface area contributed by atoms with Gasteiger partial charge in [0.05, 0.1) is 24.2 Å². The summed E-state index contributed by atoms with van der Waals surface area (Å²) < 4.78 is 5.30. The number of H-pyrrole nitrogens is 1. The van der Waals surface area contributed by atoms with Crippen LogP contribution in [0.3, 0.4) is 0 Å². The molecule has 0 atom stereocenters. The van der Waals surface area contributed by atoms with Gasteiger partial charge in [0.15, 0.2) is 0 Å². The molecule has 0 aliphatic carbocycles. The van der Waals surface area contributed by atoms with Crippen LogP contribution >= 0.6 is 22.9 Å². The van der Waals surface area contributed by atoms with E-state index in [-0.39, 0.29) is 12.3 Å². The molecule has 2 aromatic heterocycles. The standard InChI is InChI=1S/C22H20ClN3O2S/c1-28-16-6-7-20-18(11-16)14(12-25-20)8-9-24-21(27)10-15-13-29-22(26-15)17-4-2-3-5-19(17)23/h2-7,11-13,25H,8-10H2,1H3,(H,24,27).